The minimum Gasteiger partial charge on any atom is -0.480 e. The standard InChI is InChI=1S/C18H19N5O2/c24-17(25)16(14-12-21-15-5-2-1-4-13(14)15)22-8-10-23(11-9-22)18-19-6-3-7-20-18/h1-7,12,16,21H,8-11H2,(H,24,25). The van der Waals surface area contributed by atoms with Gasteiger partial charge in [0.15, 0.2) is 0 Å². The third-order valence-electron chi connectivity index (χ3n) is 4.66. The second-order valence-corrected chi connectivity index (χ2v) is 6.10. The fraction of sp³-hybridized carbons (Fsp3) is 0.278. The number of aliphatic carboxylic acids is 1. The summed E-state index contributed by atoms with van der Waals surface area (Å²) in [6.07, 6.45) is 5.26. The van der Waals surface area contributed by atoms with Crippen LogP contribution < -0.4 is 4.90 Å². The highest BCUT2D eigenvalue weighted by Gasteiger charge is 2.32. The van der Waals surface area contributed by atoms with E-state index in [-0.39, 0.29) is 0 Å². The molecule has 1 aromatic carbocycles. The SMILES string of the molecule is O=C(O)C(c1c[nH]c2ccccc12)N1CCN(c2ncccn2)CC1. The highest BCUT2D eigenvalue weighted by atomic mass is 16.4. The van der Waals surface area contributed by atoms with E-state index in [0.29, 0.717) is 32.1 Å². The van der Waals surface area contributed by atoms with Crippen LogP contribution >= 0.6 is 0 Å². The predicted octanol–water partition coefficient (Wildman–Crippen LogP) is 1.91. The van der Waals surface area contributed by atoms with Crippen molar-refractivity contribution in [2.24, 2.45) is 0 Å². The molecule has 4 rings (SSSR count). The summed E-state index contributed by atoms with van der Waals surface area (Å²) in [5, 5.41) is 10.8. The Labute approximate surface area is 144 Å². The van der Waals surface area contributed by atoms with E-state index in [1.807, 2.05) is 35.4 Å². The first-order valence-electron chi connectivity index (χ1n) is 8.29. The van der Waals surface area contributed by atoms with Crippen LogP contribution in [0.25, 0.3) is 10.9 Å². The average Bonchev–Trinajstić information content (AvgIpc) is 3.07. The number of fused-ring (bicyclic) bond motifs is 1. The fourth-order valence-corrected chi connectivity index (χ4v) is 3.44. The van der Waals surface area contributed by atoms with Gasteiger partial charge in [0, 0.05) is 61.2 Å². The Bertz CT molecular complexity index is 871. The normalized spacial score (nSPS) is 16.9. The number of aromatic nitrogens is 3. The van der Waals surface area contributed by atoms with Gasteiger partial charge in [-0.2, -0.15) is 0 Å². The molecule has 1 atom stereocenters. The van der Waals surface area contributed by atoms with E-state index in [2.05, 4.69) is 19.9 Å². The number of benzene rings is 1. The van der Waals surface area contributed by atoms with E-state index in [4.69, 9.17) is 0 Å². The van der Waals surface area contributed by atoms with Crippen molar-refractivity contribution in [3.05, 3.63) is 54.5 Å². The molecule has 2 N–H and O–H groups in total. The Morgan fingerprint density at radius 2 is 1.80 bits per heavy atom. The van der Waals surface area contributed by atoms with Gasteiger partial charge in [0.2, 0.25) is 5.95 Å². The number of carboxylic acids is 1. The number of hydrogen-bond acceptors (Lipinski definition) is 5. The van der Waals surface area contributed by atoms with Gasteiger partial charge < -0.3 is 15.0 Å². The monoisotopic (exact) mass is 337 g/mol. The van der Waals surface area contributed by atoms with Gasteiger partial charge in [0.1, 0.15) is 6.04 Å². The minimum atomic E-state index is -0.825. The largest absolute Gasteiger partial charge is 0.480 e. The molecule has 7 nitrogen and oxygen atoms in total. The van der Waals surface area contributed by atoms with Crippen LogP contribution in [-0.2, 0) is 4.79 Å². The molecule has 1 aliphatic rings. The number of carboxylic acid groups (broad SMARTS) is 1. The van der Waals surface area contributed by atoms with Crippen LogP contribution in [0.5, 0.6) is 0 Å². The van der Waals surface area contributed by atoms with E-state index in [1.165, 1.54) is 0 Å². The van der Waals surface area contributed by atoms with Crippen LogP contribution in [0.2, 0.25) is 0 Å². The number of carbonyl (C=O) groups is 1. The molecule has 1 unspecified atom stereocenters. The molecule has 1 saturated heterocycles. The van der Waals surface area contributed by atoms with Crippen molar-refractivity contribution in [3.8, 4) is 0 Å². The molecule has 128 valence electrons. The van der Waals surface area contributed by atoms with Crippen LogP contribution in [0.15, 0.2) is 48.9 Å². The number of nitrogens with zero attached hydrogens (tertiary/aromatic N) is 4. The van der Waals surface area contributed by atoms with E-state index in [1.54, 1.807) is 18.5 Å². The summed E-state index contributed by atoms with van der Waals surface area (Å²) < 4.78 is 0. The van der Waals surface area contributed by atoms with Crippen molar-refractivity contribution < 1.29 is 9.90 Å². The third kappa shape index (κ3) is 2.94. The minimum absolute atomic E-state index is 0.648. The van der Waals surface area contributed by atoms with Gasteiger partial charge in [-0.15, -0.1) is 0 Å². The molecule has 7 heteroatoms. The molecule has 3 aromatic rings. The number of nitrogens with one attached hydrogen (secondary N) is 1. The van der Waals surface area contributed by atoms with E-state index < -0.39 is 12.0 Å². The van der Waals surface area contributed by atoms with Crippen molar-refractivity contribution in [2.45, 2.75) is 6.04 Å². The molecule has 2 aromatic heterocycles. The van der Waals surface area contributed by atoms with Gasteiger partial charge >= 0.3 is 5.97 Å². The molecule has 0 radical (unpaired) electrons. The van der Waals surface area contributed by atoms with Crippen molar-refractivity contribution in [3.63, 3.8) is 0 Å². The quantitative estimate of drug-likeness (QED) is 0.756. The fourth-order valence-electron chi connectivity index (χ4n) is 3.44. The van der Waals surface area contributed by atoms with E-state index in [0.717, 1.165) is 16.5 Å². The molecule has 0 spiro atoms. The van der Waals surface area contributed by atoms with Crippen molar-refractivity contribution in [1.29, 1.82) is 0 Å². The van der Waals surface area contributed by atoms with Crippen LogP contribution in [0, 0.1) is 0 Å². The number of aromatic amines is 1. The lowest BCUT2D eigenvalue weighted by Gasteiger charge is -2.37. The van der Waals surface area contributed by atoms with Gasteiger partial charge in [-0.25, -0.2) is 9.97 Å². The van der Waals surface area contributed by atoms with E-state index >= 15 is 0 Å². The van der Waals surface area contributed by atoms with Crippen molar-refractivity contribution in [1.82, 2.24) is 19.9 Å². The van der Waals surface area contributed by atoms with Gasteiger partial charge in [0.25, 0.3) is 0 Å². The van der Waals surface area contributed by atoms with Crippen LogP contribution in [0.1, 0.15) is 11.6 Å². The molecular formula is C18H19N5O2. The summed E-state index contributed by atoms with van der Waals surface area (Å²) in [4.78, 5) is 27.8. The molecule has 0 aliphatic carbocycles. The van der Waals surface area contributed by atoms with Gasteiger partial charge in [-0.3, -0.25) is 9.69 Å². The Kier molecular flexibility index (Phi) is 4.07. The number of piperazine rings is 1. The second kappa shape index (κ2) is 6.52. The lowest BCUT2D eigenvalue weighted by Crippen LogP contribution is -2.49. The second-order valence-electron chi connectivity index (χ2n) is 6.10. The summed E-state index contributed by atoms with van der Waals surface area (Å²) in [5.74, 6) is -0.129. The Balaban J connectivity index is 1.56. The Hall–Kier alpha value is -2.93. The molecule has 3 heterocycles. The summed E-state index contributed by atoms with van der Waals surface area (Å²) in [6, 6.07) is 8.93. The van der Waals surface area contributed by atoms with Crippen LogP contribution in [-0.4, -0.2) is 57.1 Å². The number of hydrogen-bond donors (Lipinski definition) is 2. The average molecular weight is 337 g/mol. The zero-order chi connectivity index (χ0) is 17.2. The zero-order valence-electron chi connectivity index (χ0n) is 13.7. The summed E-state index contributed by atoms with van der Waals surface area (Å²) >= 11 is 0. The van der Waals surface area contributed by atoms with Crippen molar-refractivity contribution >= 4 is 22.8 Å². The molecule has 0 amide bonds. The molecule has 1 fully saturated rings. The lowest BCUT2D eigenvalue weighted by atomic mass is 10.0. The first-order chi connectivity index (χ1) is 12.2. The Morgan fingerprint density at radius 3 is 2.52 bits per heavy atom. The van der Waals surface area contributed by atoms with Crippen LogP contribution in [0.3, 0.4) is 0 Å². The number of para-hydroxylation sites is 1. The van der Waals surface area contributed by atoms with E-state index in [9.17, 15) is 9.90 Å². The highest BCUT2D eigenvalue weighted by molar-refractivity contribution is 5.89. The summed E-state index contributed by atoms with van der Waals surface area (Å²) in [7, 11) is 0. The zero-order valence-corrected chi connectivity index (χ0v) is 13.7. The highest BCUT2D eigenvalue weighted by Crippen LogP contribution is 2.29. The molecule has 0 saturated carbocycles. The smallest absolute Gasteiger partial charge is 0.325 e. The predicted molar refractivity (Wildman–Crippen MR) is 94.5 cm³/mol. The maximum Gasteiger partial charge on any atom is 0.325 e. The molecule has 25 heavy (non-hydrogen) atoms. The molecular weight excluding hydrogens is 318 g/mol. The van der Waals surface area contributed by atoms with Gasteiger partial charge in [0.05, 0.1) is 0 Å². The number of rotatable bonds is 4. The topological polar surface area (TPSA) is 85.4 Å². The maximum absolute atomic E-state index is 12.0. The number of H-pyrrole nitrogens is 1. The first kappa shape index (κ1) is 15.6. The maximum atomic E-state index is 12.0. The van der Waals surface area contributed by atoms with Gasteiger partial charge in [-0.1, -0.05) is 18.2 Å². The lowest BCUT2D eigenvalue weighted by molar-refractivity contribution is -0.143. The Morgan fingerprint density at radius 1 is 1.08 bits per heavy atom. The summed E-state index contributed by atoms with van der Waals surface area (Å²) in [6.45, 7) is 2.70. The number of anilines is 1. The van der Waals surface area contributed by atoms with Gasteiger partial charge in [-0.05, 0) is 12.1 Å². The van der Waals surface area contributed by atoms with Crippen LogP contribution in [0.4, 0.5) is 5.95 Å². The molecule has 1 aliphatic heterocycles. The summed E-state index contributed by atoms with van der Waals surface area (Å²) in [5.41, 5.74) is 1.77. The molecule has 0 bridgehead atoms. The third-order valence-corrected chi connectivity index (χ3v) is 4.66. The first-order valence-corrected chi connectivity index (χ1v) is 8.29. The van der Waals surface area contributed by atoms with Crippen molar-refractivity contribution in [2.75, 3.05) is 31.1 Å².